The average molecular weight is 214 g/mol. The smallest absolute Gasteiger partial charge is 0.131 e. The van der Waals surface area contributed by atoms with E-state index in [1.807, 2.05) is 6.07 Å². The Balaban J connectivity index is 2.92. The molecule has 0 unspecified atom stereocenters. The summed E-state index contributed by atoms with van der Waals surface area (Å²) in [6.07, 6.45) is 0. The van der Waals surface area contributed by atoms with Crippen molar-refractivity contribution in [1.29, 1.82) is 0 Å². The van der Waals surface area contributed by atoms with E-state index >= 15 is 0 Å². The van der Waals surface area contributed by atoms with Crippen LogP contribution in [0.5, 0.6) is 0 Å². The molecule has 3 nitrogen and oxygen atoms in total. The molecule has 0 atom stereocenters. The molecule has 0 saturated heterocycles. The number of hydrogen-bond donors (Lipinski definition) is 2. The third-order valence-electron chi connectivity index (χ3n) is 1.59. The Kier molecular flexibility index (Phi) is 3.34. The second-order valence-electron chi connectivity index (χ2n) is 4.26. The topological polar surface area (TPSA) is 50.9 Å². The molecule has 0 amide bonds. The number of halogens is 1. The summed E-state index contributed by atoms with van der Waals surface area (Å²) in [5.41, 5.74) is 6.50. The van der Waals surface area contributed by atoms with E-state index in [1.54, 1.807) is 6.07 Å². The van der Waals surface area contributed by atoms with Crippen molar-refractivity contribution in [1.82, 2.24) is 4.98 Å². The van der Waals surface area contributed by atoms with Crippen molar-refractivity contribution in [2.45, 2.75) is 32.9 Å². The van der Waals surface area contributed by atoms with Crippen LogP contribution in [0, 0.1) is 0 Å². The van der Waals surface area contributed by atoms with Crippen molar-refractivity contribution in [3.05, 3.63) is 22.8 Å². The van der Waals surface area contributed by atoms with Gasteiger partial charge in [-0.3, -0.25) is 0 Å². The lowest BCUT2D eigenvalue weighted by Crippen LogP contribution is -2.26. The molecule has 1 rings (SSSR count). The minimum absolute atomic E-state index is 0.0243. The Labute approximate surface area is 89.7 Å². The highest BCUT2D eigenvalue weighted by Gasteiger charge is 2.10. The van der Waals surface area contributed by atoms with Gasteiger partial charge < -0.3 is 11.1 Å². The molecule has 1 heterocycles. The summed E-state index contributed by atoms with van der Waals surface area (Å²) in [7, 11) is 0. The maximum Gasteiger partial charge on any atom is 0.131 e. The number of aromatic nitrogens is 1. The second-order valence-corrected chi connectivity index (χ2v) is 4.65. The zero-order chi connectivity index (χ0) is 10.8. The highest BCUT2D eigenvalue weighted by Crippen LogP contribution is 2.17. The molecule has 0 fully saturated rings. The standard InChI is InChI=1S/C10H16ClN3/c1-10(2,3)14-9-5-7(6-12)4-8(11)13-9/h4-5H,6,12H2,1-3H3,(H,13,14). The second kappa shape index (κ2) is 4.15. The van der Waals surface area contributed by atoms with Gasteiger partial charge in [0.25, 0.3) is 0 Å². The fourth-order valence-corrected chi connectivity index (χ4v) is 1.35. The van der Waals surface area contributed by atoms with Gasteiger partial charge in [-0.2, -0.15) is 0 Å². The van der Waals surface area contributed by atoms with Crippen LogP contribution in [0.2, 0.25) is 5.15 Å². The fourth-order valence-electron chi connectivity index (χ4n) is 1.12. The average Bonchev–Trinajstić information content (AvgIpc) is 1.99. The quantitative estimate of drug-likeness (QED) is 0.742. The number of nitrogens with zero attached hydrogens (tertiary/aromatic N) is 1. The molecular weight excluding hydrogens is 198 g/mol. The summed E-state index contributed by atoms with van der Waals surface area (Å²) in [6, 6.07) is 3.69. The minimum atomic E-state index is -0.0243. The first-order valence-electron chi connectivity index (χ1n) is 4.55. The molecule has 1 aromatic rings. The maximum atomic E-state index is 5.85. The highest BCUT2D eigenvalue weighted by molar-refractivity contribution is 6.29. The molecule has 1 aromatic heterocycles. The van der Waals surface area contributed by atoms with Crippen LogP contribution >= 0.6 is 11.6 Å². The Morgan fingerprint density at radius 3 is 2.57 bits per heavy atom. The Morgan fingerprint density at radius 1 is 1.43 bits per heavy atom. The monoisotopic (exact) mass is 213 g/mol. The summed E-state index contributed by atoms with van der Waals surface area (Å²) in [5, 5.41) is 3.72. The van der Waals surface area contributed by atoms with Gasteiger partial charge in [0, 0.05) is 12.1 Å². The maximum absolute atomic E-state index is 5.85. The third kappa shape index (κ3) is 3.52. The van der Waals surface area contributed by atoms with E-state index in [0.29, 0.717) is 11.7 Å². The van der Waals surface area contributed by atoms with E-state index in [9.17, 15) is 0 Å². The third-order valence-corrected chi connectivity index (χ3v) is 1.79. The molecule has 0 aromatic carbocycles. The van der Waals surface area contributed by atoms with E-state index in [0.717, 1.165) is 11.4 Å². The van der Waals surface area contributed by atoms with Gasteiger partial charge in [0.1, 0.15) is 11.0 Å². The molecule has 0 saturated carbocycles. The van der Waals surface area contributed by atoms with Crippen LogP contribution in [0.25, 0.3) is 0 Å². The molecule has 0 spiro atoms. The van der Waals surface area contributed by atoms with Crippen molar-refractivity contribution >= 4 is 17.4 Å². The number of nitrogens with one attached hydrogen (secondary N) is 1. The molecule has 3 N–H and O–H groups in total. The van der Waals surface area contributed by atoms with Crippen molar-refractivity contribution in [2.24, 2.45) is 5.73 Å². The van der Waals surface area contributed by atoms with E-state index < -0.39 is 0 Å². The van der Waals surface area contributed by atoms with E-state index in [4.69, 9.17) is 17.3 Å². The summed E-state index contributed by atoms with van der Waals surface area (Å²) in [5.74, 6) is 0.769. The SMILES string of the molecule is CC(C)(C)Nc1cc(CN)cc(Cl)n1. The molecule has 4 heteroatoms. The molecular formula is C10H16ClN3. The summed E-state index contributed by atoms with van der Waals surface area (Å²) < 4.78 is 0. The Morgan fingerprint density at radius 2 is 2.07 bits per heavy atom. The highest BCUT2D eigenvalue weighted by atomic mass is 35.5. The van der Waals surface area contributed by atoms with Crippen molar-refractivity contribution < 1.29 is 0 Å². The lowest BCUT2D eigenvalue weighted by atomic mass is 10.1. The molecule has 78 valence electrons. The van der Waals surface area contributed by atoms with Gasteiger partial charge in [-0.25, -0.2) is 4.98 Å². The van der Waals surface area contributed by atoms with Crippen molar-refractivity contribution in [2.75, 3.05) is 5.32 Å². The van der Waals surface area contributed by atoms with Crippen molar-refractivity contribution in [3.8, 4) is 0 Å². The zero-order valence-electron chi connectivity index (χ0n) is 8.76. The molecule has 14 heavy (non-hydrogen) atoms. The van der Waals surface area contributed by atoms with Crippen LogP contribution in [-0.4, -0.2) is 10.5 Å². The predicted octanol–water partition coefficient (Wildman–Crippen LogP) is 2.40. The molecule has 0 radical (unpaired) electrons. The molecule has 0 aliphatic heterocycles. The summed E-state index contributed by atoms with van der Waals surface area (Å²) in [6.45, 7) is 6.67. The predicted molar refractivity (Wildman–Crippen MR) is 60.5 cm³/mol. The van der Waals surface area contributed by atoms with Crippen LogP contribution in [0.15, 0.2) is 12.1 Å². The normalized spacial score (nSPS) is 11.5. The first kappa shape index (κ1) is 11.3. The van der Waals surface area contributed by atoms with Crippen LogP contribution in [0.3, 0.4) is 0 Å². The van der Waals surface area contributed by atoms with Crippen molar-refractivity contribution in [3.63, 3.8) is 0 Å². The zero-order valence-corrected chi connectivity index (χ0v) is 9.52. The summed E-state index contributed by atoms with van der Waals surface area (Å²) >= 11 is 5.85. The van der Waals surface area contributed by atoms with Crippen LogP contribution in [0.1, 0.15) is 26.3 Å². The van der Waals surface area contributed by atoms with Gasteiger partial charge in [0.2, 0.25) is 0 Å². The number of anilines is 1. The lowest BCUT2D eigenvalue weighted by Gasteiger charge is -2.21. The molecule has 0 bridgehead atoms. The van der Waals surface area contributed by atoms with E-state index in [1.165, 1.54) is 0 Å². The Hall–Kier alpha value is -0.800. The van der Waals surface area contributed by atoms with Gasteiger partial charge in [0.05, 0.1) is 0 Å². The number of nitrogens with two attached hydrogens (primary N) is 1. The van der Waals surface area contributed by atoms with E-state index in [-0.39, 0.29) is 5.54 Å². The van der Waals surface area contributed by atoms with Gasteiger partial charge in [0.15, 0.2) is 0 Å². The summed E-state index contributed by atoms with van der Waals surface area (Å²) in [4.78, 5) is 4.17. The number of rotatable bonds is 2. The van der Waals surface area contributed by atoms with E-state index in [2.05, 4.69) is 31.1 Å². The van der Waals surface area contributed by atoms with Crippen LogP contribution in [-0.2, 0) is 6.54 Å². The van der Waals surface area contributed by atoms with Gasteiger partial charge in [-0.05, 0) is 38.5 Å². The minimum Gasteiger partial charge on any atom is -0.365 e. The van der Waals surface area contributed by atoms with Gasteiger partial charge in [-0.1, -0.05) is 11.6 Å². The van der Waals surface area contributed by atoms with Crippen LogP contribution < -0.4 is 11.1 Å². The number of pyridine rings is 1. The van der Waals surface area contributed by atoms with Gasteiger partial charge >= 0.3 is 0 Å². The largest absolute Gasteiger partial charge is 0.365 e. The first-order valence-corrected chi connectivity index (χ1v) is 4.93. The molecule has 0 aliphatic carbocycles. The van der Waals surface area contributed by atoms with Gasteiger partial charge in [-0.15, -0.1) is 0 Å². The van der Waals surface area contributed by atoms with Crippen LogP contribution in [0.4, 0.5) is 5.82 Å². The molecule has 0 aliphatic rings. The lowest BCUT2D eigenvalue weighted by molar-refractivity contribution is 0.630. The fraction of sp³-hybridized carbons (Fsp3) is 0.500. The number of hydrogen-bond acceptors (Lipinski definition) is 3. The Bertz CT molecular complexity index is 318. The first-order chi connectivity index (χ1) is 6.40.